The molecule has 0 heterocycles. The highest BCUT2D eigenvalue weighted by atomic mass is 16.7. The van der Waals surface area contributed by atoms with Gasteiger partial charge >= 0.3 is 11.9 Å². The van der Waals surface area contributed by atoms with E-state index in [9.17, 15) is 9.59 Å². The highest BCUT2D eigenvalue weighted by Crippen LogP contribution is 2.27. The smallest absolute Gasteiger partial charge is 0.332 e. The molecule has 0 radical (unpaired) electrons. The van der Waals surface area contributed by atoms with Crippen LogP contribution in [0.15, 0.2) is 0 Å². The average molecular weight is 302 g/mol. The van der Waals surface area contributed by atoms with Crippen LogP contribution in [0.5, 0.6) is 0 Å². The van der Waals surface area contributed by atoms with Gasteiger partial charge in [0.05, 0.1) is 12.0 Å². The van der Waals surface area contributed by atoms with Crippen molar-refractivity contribution in [3.63, 3.8) is 0 Å². The molecule has 5 heteroatoms. The van der Waals surface area contributed by atoms with E-state index in [2.05, 4.69) is 0 Å². The van der Waals surface area contributed by atoms with Crippen molar-refractivity contribution in [1.29, 1.82) is 0 Å². The van der Waals surface area contributed by atoms with Gasteiger partial charge in [0.25, 0.3) is 0 Å². The standard InChI is InChI=1S/C16H30O5/c1-8-16(6,7)14(18)21-13(10-15(3,4)5)20-11-12(17)19-9-2/h13H,8-11H2,1-7H3. The predicted molar refractivity (Wildman–Crippen MR) is 80.6 cm³/mol. The fourth-order valence-electron chi connectivity index (χ4n) is 1.42. The molecule has 0 aliphatic heterocycles. The van der Waals surface area contributed by atoms with Crippen LogP contribution in [-0.2, 0) is 23.8 Å². The first-order chi connectivity index (χ1) is 9.51. The van der Waals surface area contributed by atoms with Gasteiger partial charge in [0.15, 0.2) is 0 Å². The van der Waals surface area contributed by atoms with Gasteiger partial charge < -0.3 is 14.2 Å². The lowest BCUT2D eigenvalue weighted by atomic mass is 9.90. The second-order valence-corrected chi connectivity index (χ2v) is 6.95. The van der Waals surface area contributed by atoms with E-state index in [0.29, 0.717) is 19.4 Å². The molecule has 0 aromatic heterocycles. The summed E-state index contributed by atoms with van der Waals surface area (Å²) in [6.45, 7) is 13.5. The van der Waals surface area contributed by atoms with Crippen LogP contribution >= 0.6 is 0 Å². The van der Waals surface area contributed by atoms with E-state index >= 15 is 0 Å². The molecule has 0 fully saturated rings. The maximum absolute atomic E-state index is 12.1. The van der Waals surface area contributed by atoms with Crippen molar-refractivity contribution < 1.29 is 23.8 Å². The van der Waals surface area contributed by atoms with Gasteiger partial charge in [-0.25, -0.2) is 4.79 Å². The van der Waals surface area contributed by atoms with Gasteiger partial charge in [-0.05, 0) is 32.6 Å². The van der Waals surface area contributed by atoms with Crippen LogP contribution in [0.25, 0.3) is 0 Å². The first-order valence-corrected chi connectivity index (χ1v) is 7.50. The summed E-state index contributed by atoms with van der Waals surface area (Å²) in [5.41, 5.74) is -0.653. The largest absolute Gasteiger partial charge is 0.464 e. The van der Waals surface area contributed by atoms with E-state index in [-0.39, 0.29) is 18.0 Å². The van der Waals surface area contributed by atoms with Gasteiger partial charge in [-0.2, -0.15) is 0 Å². The Kier molecular flexibility index (Phi) is 7.93. The third kappa shape index (κ3) is 8.71. The second-order valence-electron chi connectivity index (χ2n) is 6.95. The molecule has 0 spiro atoms. The molecule has 124 valence electrons. The molecule has 0 saturated heterocycles. The van der Waals surface area contributed by atoms with Crippen molar-refractivity contribution in [2.45, 2.75) is 67.6 Å². The molecular formula is C16H30O5. The number of hydrogen-bond donors (Lipinski definition) is 0. The Bertz CT molecular complexity index is 341. The predicted octanol–water partition coefficient (Wildman–Crippen LogP) is 3.31. The monoisotopic (exact) mass is 302 g/mol. The highest BCUT2D eigenvalue weighted by molar-refractivity contribution is 5.76. The summed E-state index contributed by atoms with van der Waals surface area (Å²) < 4.78 is 15.7. The fraction of sp³-hybridized carbons (Fsp3) is 0.875. The Labute approximate surface area is 128 Å². The summed E-state index contributed by atoms with van der Waals surface area (Å²) >= 11 is 0. The highest BCUT2D eigenvalue weighted by Gasteiger charge is 2.31. The number of carbonyl (C=O) groups excluding carboxylic acids is 2. The second kappa shape index (κ2) is 8.37. The zero-order valence-electron chi connectivity index (χ0n) is 14.4. The van der Waals surface area contributed by atoms with Crippen molar-refractivity contribution in [2.75, 3.05) is 13.2 Å². The molecule has 1 atom stereocenters. The number of esters is 2. The molecule has 0 rings (SSSR count). The van der Waals surface area contributed by atoms with Gasteiger partial charge in [0.1, 0.15) is 6.61 Å². The maximum atomic E-state index is 12.1. The van der Waals surface area contributed by atoms with Gasteiger partial charge in [0.2, 0.25) is 6.29 Å². The summed E-state index contributed by atoms with van der Waals surface area (Å²) in [4.78, 5) is 23.5. The summed E-state index contributed by atoms with van der Waals surface area (Å²) in [6.07, 6.45) is 0.442. The van der Waals surface area contributed by atoms with Crippen molar-refractivity contribution in [3.05, 3.63) is 0 Å². The maximum Gasteiger partial charge on any atom is 0.332 e. The van der Waals surface area contributed by atoms with E-state index in [1.54, 1.807) is 6.92 Å². The molecule has 0 bridgehead atoms. The minimum Gasteiger partial charge on any atom is -0.464 e. The molecule has 5 nitrogen and oxygen atoms in total. The van der Waals surface area contributed by atoms with Gasteiger partial charge in [0, 0.05) is 6.42 Å². The molecule has 0 saturated carbocycles. The first kappa shape index (κ1) is 19.9. The van der Waals surface area contributed by atoms with Crippen LogP contribution in [0, 0.1) is 10.8 Å². The lowest BCUT2D eigenvalue weighted by Crippen LogP contribution is -2.34. The van der Waals surface area contributed by atoms with Gasteiger partial charge in [-0.1, -0.05) is 27.7 Å². The topological polar surface area (TPSA) is 61.8 Å². The number of hydrogen-bond acceptors (Lipinski definition) is 5. The SMILES string of the molecule is CCOC(=O)COC(CC(C)(C)C)OC(=O)C(C)(C)CC. The molecule has 1 unspecified atom stereocenters. The fourth-order valence-corrected chi connectivity index (χ4v) is 1.42. The van der Waals surface area contributed by atoms with Gasteiger partial charge in [-0.3, -0.25) is 4.79 Å². The van der Waals surface area contributed by atoms with Crippen molar-refractivity contribution in [3.8, 4) is 0 Å². The molecule has 0 aromatic carbocycles. The summed E-state index contributed by atoms with van der Waals surface area (Å²) in [5.74, 6) is -0.773. The first-order valence-electron chi connectivity index (χ1n) is 7.50. The molecular weight excluding hydrogens is 272 g/mol. The van der Waals surface area contributed by atoms with E-state index in [1.165, 1.54) is 0 Å². The van der Waals surface area contributed by atoms with Crippen molar-refractivity contribution in [1.82, 2.24) is 0 Å². The number of rotatable bonds is 8. The third-order valence-electron chi connectivity index (χ3n) is 3.15. The molecule has 21 heavy (non-hydrogen) atoms. The van der Waals surface area contributed by atoms with Crippen LogP contribution in [0.2, 0.25) is 0 Å². The van der Waals surface area contributed by atoms with Crippen molar-refractivity contribution >= 4 is 11.9 Å². The zero-order chi connectivity index (χ0) is 16.7. The number of carbonyl (C=O) groups is 2. The summed E-state index contributed by atoms with van der Waals surface area (Å²) in [7, 11) is 0. The molecule has 0 aliphatic rings. The summed E-state index contributed by atoms with van der Waals surface area (Å²) in [6, 6.07) is 0. The van der Waals surface area contributed by atoms with Crippen LogP contribution in [0.3, 0.4) is 0 Å². The Morgan fingerprint density at radius 1 is 1.05 bits per heavy atom. The Balaban J connectivity index is 4.67. The Morgan fingerprint density at radius 2 is 1.62 bits per heavy atom. The molecule has 0 amide bonds. The zero-order valence-corrected chi connectivity index (χ0v) is 14.4. The quantitative estimate of drug-likeness (QED) is 0.508. The van der Waals surface area contributed by atoms with E-state index in [4.69, 9.17) is 14.2 Å². The molecule has 0 N–H and O–H groups in total. The normalized spacial score (nSPS) is 13.7. The number of ether oxygens (including phenoxy) is 3. The Hall–Kier alpha value is -1.10. The summed E-state index contributed by atoms with van der Waals surface area (Å²) in [5, 5.41) is 0. The van der Waals surface area contributed by atoms with E-state index < -0.39 is 17.7 Å². The lowest BCUT2D eigenvalue weighted by molar-refractivity contribution is -0.199. The van der Waals surface area contributed by atoms with Gasteiger partial charge in [-0.15, -0.1) is 0 Å². The van der Waals surface area contributed by atoms with Crippen LogP contribution in [-0.4, -0.2) is 31.4 Å². The van der Waals surface area contributed by atoms with Crippen molar-refractivity contribution in [2.24, 2.45) is 10.8 Å². The van der Waals surface area contributed by atoms with E-state index in [0.717, 1.165) is 0 Å². The van der Waals surface area contributed by atoms with Crippen LogP contribution < -0.4 is 0 Å². The minimum atomic E-state index is -0.743. The van der Waals surface area contributed by atoms with Crippen LogP contribution in [0.1, 0.15) is 61.3 Å². The third-order valence-corrected chi connectivity index (χ3v) is 3.15. The Morgan fingerprint density at radius 3 is 2.05 bits per heavy atom. The van der Waals surface area contributed by atoms with E-state index in [1.807, 2.05) is 41.5 Å². The van der Waals surface area contributed by atoms with Crippen LogP contribution in [0.4, 0.5) is 0 Å². The molecule has 0 aliphatic carbocycles. The average Bonchev–Trinajstić information content (AvgIpc) is 2.34. The lowest BCUT2D eigenvalue weighted by Gasteiger charge is -2.29. The molecule has 0 aromatic rings. The minimum absolute atomic E-state index is 0.0873.